The van der Waals surface area contributed by atoms with Gasteiger partial charge in [0.05, 0.1) is 60.1 Å². The van der Waals surface area contributed by atoms with E-state index in [0.29, 0.717) is 0 Å². The third kappa shape index (κ3) is 5.65. The number of hydrogen-bond donors (Lipinski definition) is 0. The first-order valence-electron chi connectivity index (χ1n) is 10.1. The average Bonchev–Trinajstić information content (AvgIpc) is 2.79. The maximum atomic E-state index is 12.4. The van der Waals surface area contributed by atoms with Gasteiger partial charge in [0.1, 0.15) is 0 Å². The summed E-state index contributed by atoms with van der Waals surface area (Å²) in [4.78, 5) is 57.6. The highest BCUT2D eigenvalue weighted by molar-refractivity contribution is 6.05. The Balaban J connectivity index is 2.60. The smallest absolute Gasteiger partial charge is 0.340 e. The highest BCUT2D eigenvalue weighted by atomic mass is 16.5. The summed E-state index contributed by atoms with van der Waals surface area (Å²) in [5, 5.41) is 0. The van der Waals surface area contributed by atoms with E-state index >= 15 is 0 Å². The Morgan fingerprint density at radius 1 is 0.562 bits per heavy atom. The first-order valence-corrected chi connectivity index (χ1v) is 10.1. The molecule has 0 aliphatic carbocycles. The molecule has 0 fully saturated rings. The van der Waals surface area contributed by atoms with Gasteiger partial charge in [0.2, 0.25) is 0 Å². The summed E-state index contributed by atoms with van der Waals surface area (Å²) in [5.41, 5.74) is 0.0724. The second-order valence-corrected chi connectivity index (χ2v) is 6.11. The third-order valence-electron chi connectivity index (χ3n) is 4.05. The SMILES string of the molecule is CCOC(=O)c1cnc(-c2cc(C(=O)OCC)c(C(=O)OCC)cn2)cc1C(=O)OCC. The van der Waals surface area contributed by atoms with Crippen LogP contribution in [0.3, 0.4) is 0 Å². The van der Waals surface area contributed by atoms with Crippen molar-refractivity contribution in [2.24, 2.45) is 0 Å². The molecule has 0 aliphatic rings. The Hall–Kier alpha value is -3.82. The van der Waals surface area contributed by atoms with Crippen molar-refractivity contribution in [3.05, 3.63) is 46.8 Å². The second-order valence-electron chi connectivity index (χ2n) is 6.11. The number of carbonyl (C=O) groups excluding carboxylic acids is 4. The van der Waals surface area contributed by atoms with Gasteiger partial charge in [-0.15, -0.1) is 0 Å². The lowest BCUT2D eigenvalue weighted by Crippen LogP contribution is -2.16. The van der Waals surface area contributed by atoms with Gasteiger partial charge in [0.25, 0.3) is 0 Å². The van der Waals surface area contributed by atoms with Crippen LogP contribution >= 0.6 is 0 Å². The van der Waals surface area contributed by atoms with Crippen LogP contribution in [0.1, 0.15) is 69.1 Å². The quantitative estimate of drug-likeness (QED) is 0.420. The summed E-state index contributed by atoms with van der Waals surface area (Å²) >= 11 is 0. The molecule has 0 N–H and O–H groups in total. The molecule has 0 unspecified atom stereocenters. The molecule has 0 spiro atoms. The molecule has 170 valence electrons. The van der Waals surface area contributed by atoms with Crippen LogP contribution in [-0.4, -0.2) is 60.3 Å². The summed E-state index contributed by atoms with van der Waals surface area (Å²) in [6.07, 6.45) is 2.34. The standard InChI is InChI=1S/C22H24N2O8/c1-5-29-19(25)13-9-17(23-11-15(13)21(27)31-7-3)18-10-14(20(26)30-6-2)16(12-24-18)22(28)32-8-4/h9-12H,5-8H2,1-4H3. The van der Waals surface area contributed by atoms with E-state index in [9.17, 15) is 19.2 Å². The van der Waals surface area contributed by atoms with Gasteiger partial charge < -0.3 is 18.9 Å². The minimum Gasteiger partial charge on any atom is -0.462 e. The summed E-state index contributed by atoms with van der Waals surface area (Å²) in [7, 11) is 0. The highest BCUT2D eigenvalue weighted by Crippen LogP contribution is 2.23. The lowest BCUT2D eigenvalue weighted by Gasteiger charge is -2.12. The van der Waals surface area contributed by atoms with E-state index in [4.69, 9.17) is 18.9 Å². The molecular weight excluding hydrogens is 420 g/mol. The average molecular weight is 444 g/mol. The number of rotatable bonds is 9. The van der Waals surface area contributed by atoms with Crippen LogP contribution < -0.4 is 0 Å². The molecule has 0 aromatic carbocycles. The fourth-order valence-electron chi connectivity index (χ4n) is 2.69. The zero-order chi connectivity index (χ0) is 23.7. The Bertz CT molecular complexity index is 937. The molecule has 0 radical (unpaired) electrons. The molecule has 2 aromatic heterocycles. The predicted molar refractivity (Wildman–Crippen MR) is 111 cm³/mol. The van der Waals surface area contributed by atoms with Crippen LogP contribution in [0.15, 0.2) is 24.5 Å². The van der Waals surface area contributed by atoms with E-state index in [1.807, 2.05) is 0 Å². The van der Waals surface area contributed by atoms with Gasteiger partial charge in [0, 0.05) is 12.4 Å². The molecule has 0 saturated carbocycles. The molecule has 0 aliphatic heterocycles. The molecule has 0 atom stereocenters. The van der Waals surface area contributed by atoms with Gasteiger partial charge in [0.15, 0.2) is 0 Å². The number of hydrogen-bond acceptors (Lipinski definition) is 10. The van der Waals surface area contributed by atoms with Crippen LogP contribution in [0.2, 0.25) is 0 Å². The van der Waals surface area contributed by atoms with Crippen LogP contribution in [0.5, 0.6) is 0 Å². The van der Waals surface area contributed by atoms with Crippen molar-refractivity contribution in [1.29, 1.82) is 0 Å². The van der Waals surface area contributed by atoms with Crippen molar-refractivity contribution in [3.8, 4) is 11.4 Å². The maximum absolute atomic E-state index is 12.4. The Labute approximate surface area is 184 Å². The summed E-state index contributed by atoms with van der Waals surface area (Å²) in [5.74, 6) is -2.94. The minimum atomic E-state index is -0.743. The molecular formula is C22H24N2O8. The molecule has 2 rings (SSSR count). The monoisotopic (exact) mass is 444 g/mol. The van der Waals surface area contributed by atoms with Crippen LogP contribution in [-0.2, 0) is 18.9 Å². The molecule has 0 bridgehead atoms. The van der Waals surface area contributed by atoms with Crippen LogP contribution in [0.25, 0.3) is 11.4 Å². The Morgan fingerprint density at radius 3 is 1.12 bits per heavy atom. The number of pyridine rings is 2. The van der Waals surface area contributed by atoms with Gasteiger partial charge in [-0.3, -0.25) is 9.97 Å². The lowest BCUT2D eigenvalue weighted by molar-refractivity contribution is 0.0478. The largest absolute Gasteiger partial charge is 0.462 e. The van der Waals surface area contributed by atoms with Crippen LogP contribution in [0, 0.1) is 0 Å². The van der Waals surface area contributed by atoms with E-state index in [2.05, 4.69) is 9.97 Å². The van der Waals surface area contributed by atoms with Gasteiger partial charge in [-0.1, -0.05) is 0 Å². The number of carbonyl (C=O) groups is 4. The Morgan fingerprint density at radius 2 is 0.844 bits per heavy atom. The first-order chi connectivity index (χ1) is 15.4. The molecule has 2 heterocycles. The second kappa shape index (κ2) is 11.5. The Kier molecular flexibility index (Phi) is 8.82. The van der Waals surface area contributed by atoms with Crippen molar-refractivity contribution in [2.75, 3.05) is 26.4 Å². The van der Waals surface area contributed by atoms with E-state index in [1.165, 1.54) is 24.5 Å². The molecule has 0 amide bonds. The molecule has 0 saturated heterocycles. The van der Waals surface area contributed by atoms with Crippen molar-refractivity contribution in [3.63, 3.8) is 0 Å². The fraction of sp³-hybridized carbons (Fsp3) is 0.364. The van der Waals surface area contributed by atoms with E-state index in [-0.39, 0.29) is 60.1 Å². The summed E-state index contributed by atoms with van der Waals surface area (Å²) < 4.78 is 20.0. The molecule has 32 heavy (non-hydrogen) atoms. The third-order valence-corrected chi connectivity index (χ3v) is 4.05. The van der Waals surface area contributed by atoms with Crippen molar-refractivity contribution >= 4 is 23.9 Å². The number of esters is 4. The van der Waals surface area contributed by atoms with Gasteiger partial charge in [-0.05, 0) is 39.8 Å². The van der Waals surface area contributed by atoms with Crippen molar-refractivity contribution in [1.82, 2.24) is 9.97 Å². The van der Waals surface area contributed by atoms with E-state index < -0.39 is 23.9 Å². The van der Waals surface area contributed by atoms with Crippen molar-refractivity contribution < 1.29 is 38.1 Å². The zero-order valence-corrected chi connectivity index (χ0v) is 18.3. The predicted octanol–water partition coefficient (Wildman–Crippen LogP) is 2.85. The van der Waals surface area contributed by atoms with Gasteiger partial charge in [-0.25, -0.2) is 19.2 Å². The number of nitrogens with zero attached hydrogens (tertiary/aromatic N) is 2. The normalized spacial score (nSPS) is 10.2. The molecule has 10 heteroatoms. The maximum Gasteiger partial charge on any atom is 0.340 e. The van der Waals surface area contributed by atoms with Gasteiger partial charge in [-0.2, -0.15) is 0 Å². The zero-order valence-electron chi connectivity index (χ0n) is 18.3. The number of aromatic nitrogens is 2. The lowest BCUT2D eigenvalue weighted by atomic mass is 10.0. The summed E-state index contributed by atoms with van der Waals surface area (Å²) in [6, 6.07) is 2.62. The van der Waals surface area contributed by atoms with E-state index in [1.54, 1.807) is 27.7 Å². The fourth-order valence-corrected chi connectivity index (χ4v) is 2.69. The number of ether oxygens (including phenoxy) is 4. The van der Waals surface area contributed by atoms with Crippen LogP contribution in [0.4, 0.5) is 0 Å². The summed E-state index contributed by atoms with van der Waals surface area (Å²) in [6.45, 7) is 6.95. The van der Waals surface area contributed by atoms with E-state index in [0.717, 1.165) is 0 Å². The minimum absolute atomic E-state index is 0.0655. The first kappa shape index (κ1) is 24.4. The highest BCUT2D eigenvalue weighted by Gasteiger charge is 2.24. The molecule has 10 nitrogen and oxygen atoms in total. The van der Waals surface area contributed by atoms with Gasteiger partial charge >= 0.3 is 23.9 Å². The van der Waals surface area contributed by atoms with Crippen molar-refractivity contribution in [2.45, 2.75) is 27.7 Å². The topological polar surface area (TPSA) is 131 Å². The molecule has 2 aromatic rings.